The van der Waals surface area contributed by atoms with E-state index in [0.29, 0.717) is 5.69 Å². The van der Waals surface area contributed by atoms with Crippen molar-refractivity contribution in [3.63, 3.8) is 0 Å². The molecule has 0 spiro atoms. The molecule has 9 heteroatoms. The van der Waals surface area contributed by atoms with Gasteiger partial charge in [-0.15, -0.1) is 0 Å². The van der Waals surface area contributed by atoms with Gasteiger partial charge in [-0.05, 0) is 24.3 Å². The van der Waals surface area contributed by atoms with Crippen molar-refractivity contribution in [1.29, 1.82) is 0 Å². The predicted molar refractivity (Wildman–Crippen MR) is 117 cm³/mol. The van der Waals surface area contributed by atoms with Crippen molar-refractivity contribution in [3.05, 3.63) is 91.5 Å². The van der Waals surface area contributed by atoms with Gasteiger partial charge in [0.2, 0.25) is 0 Å². The van der Waals surface area contributed by atoms with Crippen LogP contribution in [-0.2, 0) is 0 Å². The number of nitrogen functional groups attached to an aromatic ring is 1. The molecular weight excluding hydrogens is 378 g/mol. The zero-order chi connectivity index (χ0) is 21.0. The number of hydrogen-bond donors (Lipinski definition) is 2. The molecule has 4 N–H and O–H groups in total. The van der Waals surface area contributed by atoms with Crippen LogP contribution in [0.2, 0.25) is 0 Å². The number of fused-ring (bicyclic) bond motifs is 2. The standard InChI is InChI=1S/2C7H5N3.C7H9N3/c1-2-8-5-7-6(1)9-3-4-10-7;1-2-6-4-8-5-10-7(6)9-3-1;8-7-4-2-1-3-6(7)5-10-9/h2*1-5H;1-5H,8-9H2/b;;10-5-. The third kappa shape index (κ3) is 5.73. The van der Waals surface area contributed by atoms with Gasteiger partial charge in [0, 0.05) is 47.6 Å². The lowest BCUT2D eigenvalue weighted by Gasteiger charge is -1.95. The van der Waals surface area contributed by atoms with E-state index in [0.717, 1.165) is 27.6 Å². The van der Waals surface area contributed by atoms with E-state index in [4.69, 9.17) is 11.6 Å². The van der Waals surface area contributed by atoms with Crippen LogP contribution in [0.3, 0.4) is 0 Å². The lowest BCUT2D eigenvalue weighted by Crippen LogP contribution is -1.93. The molecule has 4 heterocycles. The number of hydrazone groups is 1. The zero-order valence-electron chi connectivity index (χ0n) is 15.9. The summed E-state index contributed by atoms with van der Waals surface area (Å²) in [6.07, 6.45) is 13.2. The summed E-state index contributed by atoms with van der Waals surface area (Å²) in [6, 6.07) is 13.0. The largest absolute Gasteiger partial charge is 0.398 e. The van der Waals surface area contributed by atoms with Crippen molar-refractivity contribution >= 4 is 34.0 Å². The third-order valence-electron chi connectivity index (χ3n) is 3.76. The Morgan fingerprint density at radius 1 is 0.733 bits per heavy atom. The minimum absolute atomic E-state index is 0.691. The molecule has 0 saturated heterocycles. The molecule has 148 valence electrons. The smallest absolute Gasteiger partial charge is 0.162 e. The molecule has 0 amide bonds. The molecule has 0 radical (unpaired) electrons. The van der Waals surface area contributed by atoms with E-state index in [1.54, 1.807) is 43.2 Å². The predicted octanol–water partition coefficient (Wildman–Crippen LogP) is 2.61. The second-order valence-corrected chi connectivity index (χ2v) is 5.77. The van der Waals surface area contributed by atoms with E-state index in [-0.39, 0.29) is 0 Å². The van der Waals surface area contributed by atoms with Crippen LogP contribution >= 0.6 is 0 Å². The number of nitrogens with zero attached hydrogens (tertiary/aromatic N) is 7. The van der Waals surface area contributed by atoms with Gasteiger partial charge in [-0.2, -0.15) is 5.10 Å². The van der Waals surface area contributed by atoms with Gasteiger partial charge >= 0.3 is 0 Å². The first kappa shape index (κ1) is 20.2. The fourth-order valence-electron chi connectivity index (χ4n) is 2.34. The Bertz CT molecular complexity index is 1040. The van der Waals surface area contributed by atoms with Crippen molar-refractivity contribution < 1.29 is 0 Å². The summed E-state index contributed by atoms with van der Waals surface area (Å²) in [5.74, 6) is 4.94. The summed E-state index contributed by atoms with van der Waals surface area (Å²) in [5.41, 5.74) is 9.58. The lowest BCUT2D eigenvalue weighted by molar-refractivity contribution is 1.18. The molecule has 0 unspecified atom stereocenters. The Hall–Kier alpha value is -4.53. The first-order valence-corrected chi connectivity index (χ1v) is 8.87. The highest BCUT2D eigenvalue weighted by atomic mass is 15.1. The molecule has 4 aromatic heterocycles. The van der Waals surface area contributed by atoms with Crippen LogP contribution in [0.1, 0.15) is 5.56 Å². The summed E-state index contributed by atoms with van der Waals surface area (Å²) in [5, 5.41) is 4.34. The average Bonchev–Trinajstić information content (AvgIpc) is 2.82. The normalized spacial score (nSPS) is 10.1. The molecular formula is C21H19N9. The molecule has 0 aliphatic rings. The van der Waals surface area contributed by atoms with E-state index in [1.807, 2.05) is 36.4 Å². The Morgan fingerprint density at radius 2 is 1.57 bits per heavy atom. The Balaban J connectivity index is 0.000000128. The van der Waals surface area contributed by atoms with Gasteiger partial charge in [-0.1, -0.05) is 18.2 Å². The van der Waals surface area contributed by atoms with Gasteiger partial charge in [-0.3, -0.25) is 15.0 Å². The van der Waals surface area contributed by atoms with E-state index in [9.17, 15) is 0 Å². The van der Waals surface area contributed by atoms with Gasteiger partial charge in [0.25, 0.3) is 0 Å². The van der Waals surface area contributed by atoms with Gasteiger partial charge < -0.3 is 11.6 Å². The second kappa shape index (κ2) is 10.7. The number of rotatable bonds is 1. The highest BCUT2D eigenvalue weighted by molar-refractivity contribution is 5.86. The number of nitrogens with two attached hydrogens (primary N) is 2. The van der Waals surface area contributed by atoms with Gasteiger partial charge in [0.15, 0.2) is 5.65 Å². The zero-order valence-corrected chi connectivity index (χ0v) is 15.9. The first-order chi connectivity index (χ1) is 14.8. The molecule has 0 aliphatic carbocycles. The summed E-state index contributed by atoms with van der Waals surface area (Å²) in [4.78, 5) is 23.9. The highest BCUT2D eigenvalue weighted by Gasteiger charge is 1.91. The van der Waals surface area contributed by atoms with Gasteiger partial charge in [0.05, 0.1) is 17.9 Å². The second-order valence-electron chi connectivity index (χ2n) is 5.77. The fraction of sp³-hybridized carbons (Fsp3) is 0. The van der Waals surface area contributed by atoms with Crippen molar-refractivity contribution in [2.24, 2.45) is 10.9 Å². The van der Waals surface area contributed by atoms with Crippen LogP contribution in [0.25, 0.3) is 22.1 Å². The maximum atomic E-state index is 5.56. The minimum atomic E-state index is 0.691. The first-order valence-electron chi connectivity index (χ1n) is 8.87. The van der Waals surface area contributed by atoms with Crippen molar-refractivity contribution in [2.75, 3.05) is 5.73 Å². The van der Waals surface area contributed by atoms with Crippen LogP contribution in [-0.4, -0.2) is 36.1 Å². The third-order valence-corrected chi connectivity index (χ3v) is 3.76. The Labute approximate surface area is 172 Å². The molecule has 30 heavy (non-hydrogen) atoms. The molecule has 0 fully saturated rings. The molecule has 0 bridgehead atoms. The SMILES string of the molecule is N/N=C\c1ccccc1N.c1cc2nccnc2cn1.c1cnc2ncncc2c1. The summed E-state index contributed by atoms with van der Waals surface area (Å²) < 4.78 is 0. The number of hydrogen-bond acceptors (Lipinski definition) is 9. The van der Waals surface area contributed by atoms with Crippen LogP contribution in [0.4, 0.5) is 5.69 Å². The van der Waals surface area contributed by atoms with Crippen LogP contribution in [0.5, 0.6) is 0 Å². The van der Waals surface area contributed by atoms with Crippen LogP contribution in [0, 0.1) is 0 Å². The van der Waals surface area contributed by atoms with E-state index >= 15 is 0 Å². The van der Waals surface area contributed by atoms with E-state index < -0.39 is 0 Å². The summed E-state index contributed by atoms with van der Waals surface area (Å²) >= 11 is 0. The Kier molecular flexibility index (Phi) is 7.22. The molecule has 0 aliphatic heterocycles. The number of para-hydroxylation sites is 1. The topological polar surface area (TPSA) is 142 Å². The summed E-state index contributed by atoms with van der Waals surface area (Å²) in [6.45, 7) is 0. The average molecular weight is 397 g/mol. The lowest BCUT2D eigenvalue weighted by atomic mass is 10.2. The van der Waals surface area contributed by atoms with Crippen molar-refractivity contribution in [1.82, 2.24) is 29.9 Å². The Morgan fingerprint density at radius 3 is 2.33 bits per heavy atom. The number of aromatic nitrogens is 6. The van der Waals surface area contributed by atoms with Gasteiger partial charge in [-0.25, -0.2) is 15.0 Å². The summed E-state index contributed by atoms with van der Waals surface area (Å²) in [7, 11) is 0. The maximum absolute atomic E-state index is 5.56. The molecule has 9 nitrogen and oxygen atoms in total. The molecule has 0 saturated carbocycles. The molecule has 0 atom stereocenters. The fourth-order valence-corrected chi connectivity index (χ4v) is 2.34. The maximum Gasteiger partial charge on any atom is 0.162 e. The monoisotopic (exact) mass is 397 g/mol. The molecule has 5 rings (SSSR count). The number of anilines is 1. The van der Waals surface area contributed by atoms with Crippen molar-refractivity contribution in [2.45, 2.75) is 0 Å². The van der Waals surface area contributed by atoms with E-state index in [2.05, 4.69) is 35.0 Å². The molecule has 5 aromatic rings. The van der Waals surface area contributed by atoms with Crippen LogP contribution in [0.15, 0.2) is 91.1 Å². The highest BCUT2D eigenvalue weighted by Crippen LogP contribution is 2.06. The van der Waals surface area contributed by atoms with Gasteiger partial charge in [0.1, 0.15) is 11.8 Å². The number of pyridine rings is 2. The van der Waals surface area contributed by atoms with Crippen LogP contribution < -0.4 is 11.6 Å². The molecule has 1 aromatic carbocycles. The number of benzene rings is 1. The quantitative estimate of drug-likeness (QED) is 0.190. The minimum Gasteiger partial charge on any atom is -0.398 e. The van der Waals surface area contributed by atoms with Crippen molar-refractivity contribution in [3.8, 4) is 0 Å². The van der Waals surface area contributed by atoms with E-state index in [1.165, 1.54) is 12.5 Å².